The number of hydrogen-bond donors (Lipinski definition) is 0. The quantitative estimate of drug-likeness (QED) is 0.163. The van der Waals surface area contributed by atoms with Crippen molar-refractivity contribution in [1.29, 1.82) is 0 Å². The molecule has 0 bridgehead atoms. The highest BCUT2D eigenvalue weighted by Gasteiger charge is 2.50. The fourth-order valence-corrected chi connectivity index (χ4v) is 4.50. The van der Waals surface area contributed by atoms with Crippen LogP contribution in [-0.4, -0.2) is 67.3 Å². The van der Waals surface area contributed by atoms with E-state index in [4.69, 9.17) is 18.9 Å². The third-order valence-corrected chi connectivity index (χ3v) is 6.67. The third kappa shape index (κ3) is 7.76. The Kier molecular flexibility index (Phi) is 10.0. The predicted octanol–water partition coefficient (Wildman–Crippen LogP) is 5.55. The van der Waals surface area contributed by atoms with Gasteiger partial charge in [0.15, 0.2) is 12.0 Å². The number of benzene rings is 1. The Morgan fingerprint density at radius 2 is 1.77 bits per heavy atom. The molecule has 13 nitrogen and oxygen atoms in total. The lowest BCUT2D eigenvalue weighted by atomic mass is 10.0. The summed E-state index contributed by atoms with van der Waals surface area (Å²) >= 11 is 0. The van der Waals surface area contributed by atoms with Crippen molar-refractivity contribution in [3.8, 4) is 17.0 Å². The molecule has 1 unspecified atom stereocenters. The maximum atomic E-state index is 13.6. The molecule has 0 N–H and O–H groups in total. The molecule has 1 aromatic carbocycles. The van der Waals surface area contributed by atoms with Crippen LogP contribution in [0.25, 0.3) is 11.3 Å². The van der Waals surface area contributed by atoms with Gasteiger partial charge in [-0.2, -0.15) is 31.6 Å². The molecule has 1 aliphatic rings. The van der Waals surface area contributed by atoms with Crippen molar-refractivity contribution < 1.29 is 59.1 Å². The largest absolute Gasteiger partial charge is 0.534 e. The van der Waals surface area contributed by atoms with Gasteiger partial charge in [-0.05, 0) is 72.1 Å². The van der Waals surface area contributed by atoms with E-state index in [9.17, 15) is 36.0 Å². The molecule has 3 rings (SSSR count). The van der Waals surface area contributed by atoms with Crippen LogP contribution in [0, 0.1) is 0 Å². The Bertz CT molecular complexity index is 1460. The molecule has 0 radical (unpaired) electrons. The lowest BCUT2D eigenvalue weighted by Gasteiger charge is -2.28. The van der Waals surface area contributed by atoms with Crippen LogP contribution >= 0.6 is 0 Å². The predicted molar refractivity (Wildman–Crippen MR) is 144 cm³/mol. The summed E-state index contributed by atoms with van der Waals surface area (Å²) in [6, 6.07) is 3.40. The highest BCUT2D eigenvalue weighted by molar-refractivity contribution is 7.88. The van der Waals surface area contributed by atoms with Crippen molar-refractivity contribution in [1.82, 2.24) is 9.78 Å². The molecule has 1 fully saturated rings. The second-order valence-corrected chi connectivity index (χ2v) is 12.1. The van der Waals surface area contributed by atoms with Gasteiger partial charge in [0.1, 0.15) is 11.2 Å². The second kappa shape index (κ2) is 12.8. The topological polar surface area (TPSA) is 153 Å². The molecule has 43 heavy (non-hydrogen) atoms. The minimum Gasteiger partial charge on any atom is -0.465 e. The summed E-state index contributed by atoms with van der Waals surface area (Å²) in [6.45, 7) is 7.69. The van der Waals surface area contributed by atoms with Crippen molar-refractivity contribution in [3.63, 3.8) is 0 Å². The maximum absolute atomic E-state index is 13.6. The average Bonchev–Trinajstić information content (AvgIpc) is 3.36. The van der Waals surface area contributed by atoms with Crippen LogP contribution in [0.15, 0.2) is 24.4 Å². The van der Waals surface area contributed by atoms with Gasteiger partial charge >= 0.3 is 33.8 Å². The number of nitrogens with zero attached hydrogens (tertiary/aromatic N) is 3. The van der Waals surface area contributed by atoms with Gasteiger partial charge in [0, 0.05) is 18.4 Å². The average molecular weight is 636 g/mol. The van der Waals surface area contributed by atoms with Crippen molar-refractivity contribution in [2.75, 3.05) is 18.6 Å². The van der Waals surface area contributed by atoms with E-state index in [1.165, 1.54) is 51.6 Å². The van der Waals surface area contributed by atoms with Crippen LogP contribution in [0.4, 0.5) is 28.4 Å². The van der Waals surface area contributed by atoms with Crippen LogP contribution in [0.2, 0.25) is 0 Å². The summed E-state index contributed by atoms with van der Waals surface area (Å²) in [5, 5.41) is 4.17. The number of alkyl halides is 3. The molecule has 238 valence electrons. The molecule has 2 heterocycles. The van der Waals surface area contributed by atoms with Crippen molar-refractivity contribution in [3.05, 3.63) is 30.0 Å². The molecule has 1 atom stereocenters. The zero-order chi connectivity index (χ0) is 32.3. The first kappa shape index (κ1) is 33.6. The molecule has 2 aromatic rings. The van der Waals surface area contributed by atoms with E-state index in [-0.39, 0.29) is 16.2 Å². The molecule has 2 amide bonds. The number of esters is 1. The highest BCUT2D eigenvalue weighted by Crippen LogP contribution is 2.43. The first-order valence-corrected chi connectivity index (χ1v) is 14.4. The van der Waals surface area contributed by atoms with Crippen molar-refractivity contribution >= 4 is 34.0 Å². The SMILES string of the molecule is COC(=O)c1c(N(C(=O)OC(C)C)C(=O)OC(C)(C)C)ccc(-c2ccnn2C2CCCCO2)c1OS(=O)(=O)C(F)(F)F. The number of ether oxygens (including phenoxy) is 4. The maximum Gasteiger partial charge on any atom is 0.534 e. The number of methoxy groups -OCH3 is 1. The number of amides is 2. The van der Waals surface area contributed by atoms with Crippen LogP contribution in [0.1, 0.15) is 70.5 Å². The number of hydrogen-bond acceptors (Lipinski definition) is 11. The molecule has 0 aliphatic carbocycles. The van der Waals surface area contributed by atoms with E-state index in [0.29, 0.717) is 13.0 Å². The van der Waals surface area contributed by atoms with E-state index < -0.39 is 68.7 Å². The van der Waals surface area contributed by atoms with Gasteiger partial charge in [-0.15, -0.1) is 0 Å². The van der Waals surface area contributed by atoms with Gasteiger partial charge in [-0.25, -0.2) is 19.1 Å². The van der Waals surface area contributed by atoms with E-state index in [2.05, 4.69) is 9.28 Å². The Hall–Kier alpha value is -3.86. The van der Waals surface area contributed by atoms with Gasteiger partial charge in [0.2, 0.25) is 0 Å². The molecule has 0 spiro atoms. The second-order valence-electron chi connectivity index (χ2n) is 10.5. The summed E-state index contributed by atoms with van der Waals surface area (Å²) in [5.74, 6) is -2.64. The Balaban J connectivity index is 2.40. The standard InChI is InChI=1S/C26H32F3N3O10S/c1-15(2)40-23(34)31(24(35)41-25(3,4)5)18-11-10-16(17-12-13-30-32(17)19-9-7-8-14-39-19)21(20(18)22(33)38-6)42-43(36,37)26(27,28)29/h10-13,15,19H,7-9,14H2,1-6H3. The molecule has 0 saturated carbocycles. The smallest absolute Gasteiger partial charge is 0.465 e. The van der Waals surface area contributed by atoms with Crippen LogP contribution in [-0.2, 0) is 29.1 Å². The summed E-state index contributed by atoms with van der Waals surface area (Å²) in [6.07, 6.45) is -0.982. The summed E-state index contributed by atoms with van der Waals surface area (Å²) in [4.78, 5) is 39.8. The van der Waals surface area contributed by atoms with Crippen molar-refractivity contribution in [2.45, 2.75) is 77.3 Å². The first-order valence-electron chi connectivity index (χ1n) is 13.0. The molecule has 1 saturated heterocycles. The molecule has 17 heteroatoms. The van der Waals surface area contributed by atoms with Gasteiger partial charge < -0.3 is 23.1 Å². The summed E-state index contributed by atoms with van der Waals surface area (Å²) in [5.41, 5.74) is -9.24. The van der Waals surface area contributed by atoms with Gasteiger partial charge in [-0.1, -0.05) is 0 Å². The van der Waals surface area contributed by atoms with Crippen LogP contribution in [0.5, 0.6) is 5.75 Å². The molecule has 1 aliphatic heterocycles. The van der Waals surface area contributed by atoms with Gasteiger partial charge in [0.05, 0.1) is 24.6 Å². The lowest BCUT2D eigenvalue weighted by molar-refractivity contribution is -0.0500. The van der Waals surface area contributed by atoms with E-state index >= 15 is 0 Å². The normalized spacial score (nSPS) is 16.0. The fraction of sp³-hybridized carbons (Fsp3) is 0.538. The molecular weight excluding hydrogens is 603 g/mol. The van der Waals surface area contributed by atoms with Gasteiger partial charge in [0.25, 0.3) is 0 Å². The number of halogens is 3. The minimum absolute atomic E-state index is 0.00422. The summed E-state index contributed by atoms with van der Waals surface area (Å²) in [7, 11) is -5.56. The van der Waals surface area contributed by atoms with Gasteiger partial charge in [-0.3, -0.25) is 0 Å². The number of imide groups is 1. The van der Waals surface area contributed by atoms with Crippen LogP contribution < -0.4 is 9.08 Å². The van der Waals surface area contributed by atoms with Crippen LogP contribution in [0.3, 0.4) is 0 Å². The number of aromatic nitrogens is 2. The van der Waals surface area contributed by atoms with E-state index in [0.717, 1.165) is 32.1 Å². The molecule has 1 aromatic heterocycles. The zero-order valence-electron chi connectivity index (χ0n) is 24.3. The third-order valence-electron chi connectivity index (χ3n) is 5.71. The number of carbonyl (C=O) groups is 3. The molecular formula is C26H32F3N3O10S. The van der Waals surface area contributed by atoms with E-state index in [1.54, 1.807) is 0 Å². The number of rotatable bonds is 7. The Morgan fingerprint density at radius 3 is 2.30 bits per heavy atom. The lowest BCUT2D eigenvalue weighted by Crippen LogP contribution is -2.43. The Labute approximate surface area is 245 Å². The monoisotopic (exact) mass is 635 g/mol. The highest BCUT2D eigenvalue weighted by atomic mass is 32.2. The Morgan fingerprint density at radius 1 is 1.09 bits per heavy atom. The number of anilines is 1. The van der Waals surface area contributed by atoms with Crippen molar-refractivity contribution in [2.24, 2.45) is 0 Å². The first-order chi connectivity index (χ1) is 19.9. The zero-order valence-corrected chi connectivity index (χ0v) is 25.1. The minimum atomic E-state index is -6.42. The summed E-state index contributed by atoms with van der Waals surface area (Å²) < 4.78 is 92.2. The fourth-order valence-electron chi connectivity index (χ4n) is 4.01. The van der Waals surface area contributed by atoms with E-state index in [1.807, 2.05) is 0 Å². The number of carbonyl (C=O) groups excluding carboxylic acids is 3.